The lowest BCUT2D eigenvalue weighted by Crippen LogP contribution is -2.04. The molecule has 0 spiro atoms. The molecule has 0 aliphatic heterocycles. The molecule has 0 rings (SSSR count). The standard InChI is InChI=1S/C13H26O/c1-3-5-7-8-9-10-12-13(14)11-6-4-2/h4,6,13-14H,3,5,7-12H2,1-2H3/t13-/m1/s1. The Hall–Kier alpha value is -0.300. The number of aliphatic hydroxyl groups excluding tert-OH is 1. The zero-order valence-electron chi connectivity index (χ0n) is 9.84. The van der Waals surface area contributed by atoms with Crippen LogP contribution in [0.15, 0.2) is 12.2 Å². The molecule has 0 unspecified atom stereocenters. The van der Waals surface area contributed by atoms with Crippen molar-refractivity contribution in [3.63, 3.8) is 0 Å². The number of aliphatic hydroxyl groups is 1. The van der Waals surface area contributed by atoms with Gasteiger partial charge in [0.05, 0.1) is 6.10 Å². The molecule has 1 N–H and O–H groups in total. The van der Waals surface area contributed by atoms with Crippen molar-refractivity contribution in [2.45, 2.75) is 71.3 Å². The quantitative estimate of drug-likeness (QED) is 0.437. The van der Waals surface area contributed by atoms with Crippen LogP contribution in [0.3, 0.4) is 0 Å². The predicted octanol–water partition coefficient (Wildman–Crippen LogP) is 4.06. The van der Waals surface area contributed by atoms with Crippen LogP contribution in [0.2, 0.25) is 0 Å². The summed E-state index contributed by atoms with van der Waals surface area (Å²) < 4.78 is 0. The summed E-state index contributed by atoms with van der Waals surface area (Å²) in [6, 6.07) is 0. The molecule has 1 nitrogen and oxygen atoms in total. The molecule has 1 atom stereocenters. The van der Waals surface area contributed by atoms with Gasteiger partial charge in [-0.25, -0.2) is 0 Å². The van der Waals surface area contributed by atoms with E-state index >= 15 is 0 Å². The second-order valence-electron chi connectivity index (χ2n) is 4.02. The molecule has 0 saturated heterocycles. The highest BCUT2D eigenvalue weighted by molar-refractivity contribution is 4.79. The summed E-state index contributed by atoms with van der Waals surface area (Å²) >= 11 is 0. The number of hydrogen-bond donors (Lipinski definition) is 1. The molecule has 0 radical (unpaired) electrons. The maximum Gasteiger partial charge on any atom is 0.0574 e. The second-order valence-corrected chi connectivity index (χ2v) is 4.02. The van der Waals surface area contributed by atoms with Crippen LogP contribution in [0, 0.1) is 0 Å². The molecule has 0 aliphatic rings. The van der Waals surface area contributed by atoms with Gasteiger partial charge in [0.25, 0.3) is 0 Å². The summed E-state index contributed by atoms with van der Waals surface area (Å²) in [7, 11) is 0. The highest BCUT2D eigenvalue weighted by atomic mass is 16.3. The van der Waals surface area contributed by atoms with Gasteiger partial charge in [-0.2, -0.15) is 0 Å². The van der Waals surface area contributed by atoms with Gasteiger partial charge in [-0.1, -0.05) is 57.6 Å². The average Bonchev–Trinajstić information content (AvgIpc) is 2.20. The summed E-state index contributed by atoms with van der Waals surface area (Å²) in [4.78, 5) is 0. The minimum Gasteiger partial charge on any atom is -0.393 e. The number of allylic oxidation sites excluding steroid dienone is 1. The fraction of sp³-hybridized carbons (Fsp3) is 0.846. The number of hydrogen-bond acceptors (Lipinski definition) is 1. The van der Waals surface area contributed by atoms with Crippen molar-refractivity contribution in [1.82, 2.24) is 0 Å². The van der Waals surface area contributed by atoms with Crippen LogP contribution in [0.5, 0.6) is 0 Å². The monoisotopic (exact) mass is 198 g/mol. The van der Waals surface area contributed by atoms with Crippen molar-refractivity contribution >= 4 is 0 Å². The van der Waals surface area contributed by atoms with Crippen LogP contribution in [0.25, 0.3) is 0 Å². The molecule has 0 aromatic carbocycles. The van der Waals surface area contributed by atoms with E-state index in [4.69, 9.17) is 0 Å². The first-order chi connectivity index (χ1) is 6.81. The third kappa shape index (κ3) is 9.79. The van der Waals surface area contributed by atoms with Crippen LogP contribution in [-0.2, 0) is 0 Å². The minimum absolute atomic E-state index is 0.114. The molecule has 0 heterocycles. The fourth-order valence-corrected chi connectivity index (χ4v) is 1.57. The molecule has 0 aliphatic carbocycles. The van der Waals surface area contributed by atoms with E-state index in [2.05, 4.69) is 6.92 Å². The van der Waals surface area contributed by atoms with Gasteiger partial charge in [0.1, 0.15) is 0 Å². The fourth-order valence-electron chi connectivity index (χ4n) is 1.57. The van der Waals surface area contributed by atoms with Gasteiger partial charge in [0, 0.05) is 0 Å². The van der Waals surface area contributed by atoms with Crippen LogP contribution in [0.1, 0.15) is 65.2 Å². The van der Waals surface area contributed by atoms with E-state index in [0.717, 1.165) is 12.8 Å². The molecule has 0 fully saturated rings. The Morgan fingerprint density at radius 2 is 1.71 bits per heavy atom. The Kier molecular flexibility index (Phi) is 10.5. The van der Waals surface area contributed by atoms with E-state index in [-0.39, 0.29) is 6.10 Å². The normalized spacial score (nSPS) is 13.6. The van der Waals surface area contributed by atoms with Gasteiger partial charge < -0.3 is 5.11 Å². The number of rotatable bonds is 9. The molecule has 0 aromatic rings. The van der Waals surface area contributed by atoms with Gasteiger partial charge in [-0.15, -0.1) is 0 Å². The smallest absolute Gasteiger partial charge is 0.0574 e. The number of unbranched alkanes of at least 4 members (excludes halogenated alkanes) is 5. The maximum atomic E-state index is 9.53. The minimum atomic E-state index is -0.114. The zero-order valence-corrected chi connectivity index (χ0v) is 9.84. The van der Waals surface area contributed by atoms with Gasteiger partial charge >= 0.3 is 0 Å². The van der Waals surface area contributed by atoms with Gasteiger partial charge in [0.15, 0.2) is 0 Å². The van der Waals surface area contributed by atoms with E-state index in [1.165, 1.54) is 38.5 Å². The summed E-state index contributed by atoms with van der Waals surface area (Å²) in [5.41, 5.74) is 0. The van der Waals surface area contributed by atoms with E-state index in [9.17, 15) is 5.11 Å². The van der Waals surface area contributed by atoms with Crippen molar-refractivity contribution in [3.8, 4) is 0 Å². The van der Waals surface area contributed by atoms with Crippen molar-refractivity contribution in [1.29, 1.82) is 0 Å². The largest absolute Gasteiger partial charge is 0.393 e. The van der Waals surface area contributed by atoms with Crippen molar-refractivity contribution in [2.75, 3.05) is 0 Å². The molecule has 84 valence electrons. The first-order valence-electron chi connectivity index (χ1n) is 6.10. The summed E-state index contributed by atoms with van der Waals surface area (Å²) in [5.74, 6) is 0. The molecular weight excluding hydrogens is 172 g/mol. The Balaban J connectivity index is 3.10. The lowest BCUT2D eigenvalue weighted by molar-refractivity contribution is 0.163. The third-order valence-corrected chi connectivity index (χ3v) is 2.53. The highest BCUT2D eigenvalue weighted by Crippen LogP contribution is 2.10. The average molecular weight is 198 g/mol. The van der Waals surface area contributed by atoms with E-state index in [1.54, 1.807) is 0 Å². The molecule has 0 amide bonds. The summed E-state index contributed by atoms with van der Waals surface area (Å²) in [5, 5.41) is 9.53. The van der Waals surface area contributed by atoms with E-state index < -0.39 is 0 Å². The topological polar surface area (TPSA) is 20.2 Å². The lowest BCUT2D eigenvalue weighted by atomic mass is 10.1. The maximum absolute atomic E-state index is 9.53. The Bertz CT molecular complexity index is 129. The Morgan fingerprint density at radius 1 is 1.07 bits per heavy atom. The third-order valence-electron chi connectivity index (χ3n) is 2.53. The van der Waals surface area contributed by atoms with E-state index in [0.29, 0.717) is 0 Å². The first-order valence-corrected chi connectivity index (χ1v) is 6.10. The van der Waals surface area contributed by atoms with Crippen LogP contribution in [0.4, 0.5) is 0 Å². The molecule has 0 aromatic heterocycles. The first kappa shape index (κ1) is 13.7. The lowest BCUT2D eigenvalue weighted by Gasteiger charge is -2.07. The SMILES string of the molecule is CC=CC[C@@H](O)CCCCCCCC. The summed E-state index contributed by atoms with van der Waals surface area (Å²) in [6.45, 7) is 4.23. The molecule has 0 saturated carbocycles. The Labute approximate surface area is 89.2 Å². The van der Waals surface area contributed by atoms with Gasteiger partial charge in [0.2, 0.25) is 0 Å². The summed E-state index contributed by atoms with van der Waals surface area (Å²) in [6.07, 6.45) is 13.6. The zero-order chi connectivity index (χ0) is 10.6. The van der Waals surface area contributed by atoms with Crippen molar-refractivity contribution in [3.05, 3.63) is 12.2 Å². The van der Waals surface area contributed by atoms with Crippen LogP contribution in [-0.4, -0.2) is 11.2 Å². The molecule has 0 bridgehead atoms. The van der Waals surface area contributed by atoms with Crippen LogP contribution < -0.4 is 0 Å². The highest BCUT2D eigenvalue weighted by Gasteiger charge is 2.00. The van der Waals surface area contributed by atoms with Crippen LogP contribution >= 0.6 is 0 Å². The second kappa shape index (κ2) is 10.8. The molecule has 1 heteroatoms. The van der Waals surface area contributed by atoms with Gasteiger partial charge in [-0.3, -0.25) is 0 Å². The van der Waals surface area contributed by atoms with Crippen molar-refractivity contribution < 1.29 is 5.11 Å². The van der Waals surface area contributed by atoms with Gasteiger partial charge in [-0.05, 0) is 19.8 Å². The van der Waals surface area contributed by atoms with Crippen molar-refractivity contribution in [2.24, 2.45) is 0 Å². The molecule has 14 heavy (non-hydrogen) atoms. The predicted molar refractivity (Wildman–Crippen MR) is 63.4 cm³/mol. The Morgan fingerprint density at radius 3 is 2.36 bits per heavy atom. The van der Waals surface area contributed by atoms with E-state index in [1.807, 2.05) is 19.1 Å². The molecular formula is C13H26O.